The quantitative estimate of drug-likeness (QED) is 0.885. The molecule has 1 heterocycles. The number of likely N-dealkylation sites (N-methyl/N-ethyl adjacent to an activating group) is 1. The highest BCUT2D eigenvalue weighted by atomic mass is 16.4. The molecule has 1 aromatic carbocycles. The van der Waals surface area contributed by atoms with Crippen molar-refractivity contribution in [2.45, 2.75) is 56.4 Å². The molecule has 2 fully saturated rings. The van der Waals surface area contributed by atoms with Crippen LogP contribution in [0.5, 0.6) is 0 Å². The van der Waals surface area contributed by atoms with Crippen molar-refractivity contribution < 1.29 is 14.7 Å². The van der Waals surface area contributed by atoms with Crippen LogP contribution in [0.25, 0.3) is 0 Å². The minimum absolute atomic E-state index is 0.0706. The van der Waals surface area contributed by atoms with Gasteiger partial charge in [0.05, 0.1) is 6.54 Å². The van der Waals surface area contributed by atoms with Gasteiger partial charge in [-0.1, -0.05) is 24.3 Å². The van der Waals surface area contributed by atoms with Crippen molar-refractivity contribution in [2.75, 3.05) is 26.7 Å². The summed E-state index contributed by atoms with van der Waals surface area (Å²) in [5.41, 5.74) is 2.95. The number of carboxylic acids is 1. The first-order chi connectivity index (χ1) is 13.0. The highest BCUT2D eigenvalue weighted by Gasteiger charge is 2.60. The predicted octanol–water partition coefficient (Wildman–Crippen LogP) is 2.68. The van der Waals surface area contributed by atoms with Gasteiger partial charge in [-0.3, -0.25) is 14.5 Å². The number of carbonyl (C=O) groups excluding carboxylic acids is 1. The second-order valence-corrected chi connectivity index (χ2v) is 8.64. The van der Waals surface area contributed by atoms with Crippen LogP contribution in [-0.4, -0.2) is 59.5 Å². The Hall–Kier alpha value is -1.88. The van der Waals surface area contributed by atoms with Crippen molar-refractivity contribution in [1.82, 2.24) is 9.80 Å². The summed E-state index contributed by atoms with van der Waals surface area (Å²) in [6.07, 6.45) is 7.25. The molecule has 0 radical (unpaired) electrons. The summed E-state index contributed by atoms with van der Waals surface area (Å²) >= 11 is 0. The van der Waals surface area contributed by atoms with Crippen LogP contribution in [0.15, 0.2) is 24.3 Å². The molecular formula is C22H30N2O3. The van der Waals surface area contributed by atoms with Gasteiger partial charge in [-0.05, 0) is 63.1 Å². The molecule has 1 amide bonds. The fraction of sp³-hybridized carbons (Fsp3) is 0.636. The molecule has 1 saturated carbocycles. The molecule has 3 aliphatic rings. The monoisotopic (exact) mass is 370 g/mol. The molecule has 0 bridgehead atoms. The molecule has 3 atom stereocenters. The fourth-order valence-corrected chi connectivity index (χ4v) is 5.46. The van der Waals surface area contributed by atoms with Crippen molar-refractivity contribution in [3.8, 4) is 0 Å². The zero-order valence-corrected chi connectivity index (χ0v) is 16.2. The van der Waals surface area contributed by atoms with Crippen molar-refractivity contribution in [3.63, 3.8) is 0 Å². The van der Waals surface area contributed by atoms with Crippen LogP contribution >= 0.6 is 0 Å². The largest absolute Gasteiger partial charge is 0.480 e. The van der Waals surface area contributed by atoms with Gasteiger partial charge in [0.15, 0.2) is 0 Å². The van der Waals surface area contributed by atoms with Gasteiger partial charge >= 0.3 is 5.97 Å². The molecule has 5 nitrogen and oxygen atoms in total. The molecule has 1 saturated heterocycles. The minimum atomic E-state index is -0.787. The number of aryl methyl sites for hydroxylation is 1. The van der Waals surface area contributed by atoms with Gasteiger partial charge in [0, 0.05) is 30.5 Å². The number of nitrogens with zero attached hydrogens (tertiary/aromatic N) is 2. The lowest BCUT2D eigenvalue weighted by Crippen LogP contribution is -2.38. The number of hydrogen-bond donors (Lipinski definition) is 1. The summed E-state index contributed by atoms with van der Waals surface area (Å²) in [6.45, 7) is 1.63. The van der Waals surface area contributed by atoms with Crippen molar-refractivity contribution in [1.29, 1.82) is 0 Å². The molecule has 0 aromatic heterocycles. The number of fused-ring (bicyclic) bond motifs is 2. The molecule has 1 aromatic rings. The van der Waals surface area contributed by atoms with E-state index in [4.69, 9.17) is 5.11 Å². The maximum atomic E-state index is 13.3. The van der Waals surface area contributed by atoms with Gasteiger partial charge in [0.1, 0.15) is 0 Å². The van der Waals surface area contributed by atoms with Gasteiger partial charge in [-0.15, -0.1) is 0 Å². The lowest BCUT2D eigenvalue weighted by Gasteiger charge is -2.28. The first-order valence-electron chi connectivity index (χ1n) is 10.3. The summed E-state index contributed by atoms with van der Waals surface area (Å²) in [5, 5.41) is 9.02. The maximum Gasteiger partial charge on any atom is 0.317 e. The number of aliphatic carboxylic acids is 1. The Kier molecular flexibility index (Phi) is 4.97. The number of hydrogen-bond acceptors (Lipinski definition) is 3. The highest BCUT2D eigenvalue weighted by Crippen LogP contribution is 2.60. The Balaban J connectivity index is 1.41. The van der Waals surface area contributed by atoms with Crippen LogP contribution in [0.4, 0.5) is 0 Å². The second kappa shape index (κ2) is 7.27. The Bertz CT molecular complexity index is 734. The van der Waals surface area contributed by atoms with Crippen LogP contribution in [0.2, 0.25) is 0 Å². The summed E-state index contributed by atoms with van der Waals surface area (Å²) in [5.74, 6) is -0.314. The second-order valence-electron chi connectivity index (χ2n) is 8.64. The van der Waals surface area contributed by atoms with Crippen LogP contribution in [-0.2, 0) is 21.4 Å². The average molecular weight is 370 g/mol. The lowest BCUT2D eigenvalue weighted by atomic mass is 9.78. The molecule has 1 aliphatic heterocycles. The zero-order chi connectivity index (χ0) is 19.0. The summed E-state index contributed by atoms with van der Waals surface area (Å²) in [7, 11) is 1.88. The maximum absolute atomic E-state index is 13.3. The van der Waals surface area contributed by atoms with Crippen LogP contribution < -0.4 is 0 Å². The van der Waals surface area contributed by atoms with E-state index in [0.29, 0.717) is 5.91 Å². The standard InChI is InChI=1S/C22H30N2O3/c1-23(15-20(25)26)17-8-5-12-24(13-10-17)21(27)19-14-22(19)11-4-7-16-6-2-3-9-18(16)22/h2-3,6,9,17,19H,4-5,7-8,10-15H2,1H3,(H,25,26). The number of carboxylic acid groups (broad SMARTS) is 1. The summed E-state index contributed by atoms with van der Waals surface area (Å²) < 4.78 is 0. The number of rotatable bonds is 4. The van der Waals surface area contributed by atoms with Gasteiger partial charge in [-0.25, -0.2) is 0 Å². The van der Waals surface area contributed by atoms with E-state index >= 15 is 0 Å². The third kappa shape index (κ3) is 3.49. The van der Waals surface area contributed by atoms with Crippen molar-refractivity contribution >= 4 is 11.9 Å². The van der Waals surface area contributed by atoms with E-state index in [1.54, 1.807) is 0 Å². The lowest BCUT2D eigenvalue weighted by molar-refractivity contribution is -0.138. The first kappa shape index (κ1) is 18.5. The van der Waals surface area contributed by atoms with Gasteiger partial charge in [0.25, 0.3) is 0 Å². The molecule has 4 rings (SSSR count). The number of carbonyl (C=O) groups is 2. The summed E-state index contributed by atoms with van der Waals surface area (Å²) in [4.78, 5) is 28.2. The average Bonchev–Trinajstić information content (AvgIpc) is 3.40. The van der Waals surface area contributed by atoms with Crippen LogP contribution in [0.3, 0.4) is 0 Å². The Labute approximate surface area is 161 Å². The van der Waals surface area contributed by atoms with Gasteiger partial charge < -0.3 is 10.0 Å². The molecule has 5 heteroatoms. The zero-order valence-electron chi connectivity index (χ0n) is 16.2. The fourth-order valence-electron chi connectivity index (χ4n) is 5.46. The first-order valence-corrected chi connectivity index (χ1v) is 10.3. The Morgan fingerprint density at radius 2 is 2.04 bits per heavy atom. The summed E-state index contributed by atoms with van der Waals surface area (Å²) in [6, 6.07) is 8.94. The highest BCUT2D eigenvalue weighted by molar-refractivity contribution is 5.85. The van der Waals surface area contributed by atoms with Crippen molar-refractivity contribution in [3.05, 3.63) is 35.4 Å². The topological polar surface area (TPSA) is 60.9 Å². The number of likely N-dealkylation sites (tertiary alicyclic amines) is 1. The van der Waals surface area contributed by atoms with E-state index in [2.05, 4.69) is 29.2 Å². The molecule has 146 valence electrons. The molecule has 27 heavy (non-hydrogen) atoms. The van der Waals surface area contributed by atoms with E-state index in [9.17, 15) is 9.59 Å². The van der Waals surface area contributed by atoms with Gasteiger partial charge in [0.2, 0.25) is 5.91 Å². The minimum Gasteiger partial charge on any atom is -0.480 e. The van der Waals surface area contributed by atoms with Gasteiger partial charge in [-0.2, -0.15) is 0 Å². The van der Waals surface area contributed by atoms with E-state index in [-0.39, 0.29) is 23.9 Å². The predicted molar refractivity (Wildman–Crippen MR) is 104 cm³/mol. The smallest absolute Gasteiger partial charge is 0.317 e. The number of amides is 1. The third-order valence-electron chi connectivity index (χ3n) is 7.01. The molecule has 3 unspecified atom stereocenters. The Morgan fingerprint density at radius 3 is 2.85 bits per heavy atom. The SMILES string of the molecule is CN(CC(=O)O)C1CCCN(C(=O)C2CC23CCCc2ccccc23)CC1. The van der Waals surface area contributed by atoms with E-state index in [0.717, 1.165) is 51.6 Å². The van der Waals surface area contributed by atoms with Crippen molar-refractivity contribution in [2.24, 2.45) is 5.92 Å². The normalized spacial score (nSPS) is 30.1. The molecule has 1 N–H and O–H groups in total. The van der Waals surface area contributed by atoms with Crippen LogP contribution in [0.1, 0.15) is 49.7 Å². The van der Waals surface area contributed by atoms with Crippen LogP contribution in [0, 0.1) is 5.92 Å². The third-order valence-corrected chi connectivity index (χ3v) is 7.01. The molecular weight excluding hydrogens is 340 g/mol. The van der Waals surface area contributed by atoms with E-state index in [1.807, 2.05) is 11.9 Å². The van der Waals surface area contributed by atoms with E-state index < -0.39 is 5.97 Å². The number of benzene rings is 1. The van der Waals surface area contributed by atoms with E-state index in [1.165, 1.54) is 17.5 Å². The Morgan fingerprint density at radius 1 is 1.22 bits per heavy atom. The molecule has 1 spiro atoms. The molecule has 2 aliphatic carbocycles.